The number of nitrogens with one attached hydrogen (secondary N) is 1. The average molecular weight is 139 g/mol. The monoisotopic (exact) mass is 139 g/mol. The third-order valence-corrected chi connectivity index (χ3v) is 1.48. The van der Waals surface area contributed by atoms with Crippen LogP contribution in [-0.2, 0) is 0 Å². The summed E-state index contributed by atoms with van der Waals surface area (Å²) in [6.07, 6.45) is 3.72. The van der Waals surface area contributed by atoms with Gasteiger partial charge in [0.2, 0.25) is 0 Å². The fraction of sp³-hybridized carbons (Fsp3) is 0.571. The van der Waals surface area contributed by atoms with Crippen LogP contribution in [0.1, 0.15) is 13.8 Å². The van der Waals surface area contributed by atoms with Crippen LogP contribution in [0.2, 0.25) is 0 Å². The first-order chi connectivity index (χ1) is 4.84. The molecule has 0 aromatic carbocycles. The minimum absolute atomic E-state index is 0.821. The minimum atomic E-state index is 0.821. The summed E-state index contributed by atoms with van der Waals surface area (Å²) in [7, 11) is 0. The Morgan fingerprint density at radius 2 is 2.60 bits per heavy atom. The molecule has 1 aliphatic heterocycles. The van der Waals surface area contributed by atoms with Crippen molar-refractivity contribution < 1.29 is 0 Å². The molecule has 0 saturated heterocycles. The third-order valence-electron chi connectivity index (χ3n) is 1.48. The summed E-state index contributed by atoms with van der Waals surface area (Å²) < 4.78 is 0. The second-order valence-electron chi connectivity index (χ2n) is 2.21. The molecule has 0 radical (unpaired) electrons. The highest BCUT2D eigenvalue weighted by Gasteiger charge is 2.01. The lowest BCUT2D eigenvalue weighted by Gasteiger charge is -2.21. The maximum Gasteiger partial charge on any atom is 0.0504 e. The summed E-state index contributed by atoms with van der Waals surface area (Å²) in [6, 6.07) is 0. The normalized spacial score (nSPS) is 18.6. The highest BCUT2D eigenvalue weighted by molar-refractivity contribution is 5.60. The zero-order valence-corrected chi connectivity index (χ0v) is 6.46. The Hall–Kier alpha value is -0.830. The SMILES string of the molecule is CCN1NCC=NC=C1C. The van der Waals surface area contributed by atoms with Gasteiger partial charge in [-0.1, -0.05) is 0 Å². The highest BCUT2D eigenvalue weighted by Crippen LogP contribution is 2.00. The molecule has 1 aliphatic rings. The molecule has 1 rings (SSSR count). The molecular formula is C7H13N3. The number of allylic oxidation sites excluding steroid dienone is 1. The smallest absolute Gasteiger partial charge is 0.0504 e. The van der Waals surface area contributed by atoms with E-state index in [2.05, 4.69) is 22.4 Å². The van der Waals surface area contributed by atoms with Gasteiger partial charge in [-0.25, -0.2) is 5.43 Å². The Kier molecular flexibility index (Phi) is 2.45. The van der Waals surface area contributed by atoms with E-state index in [9.17, 15) is 0 Å². The first kappa shape index (κ1) is 7.28. The van der Waals surface area contributed by atoms with Crippen LogP contribution in [0.3, 0.4) is 0 Å². The van der Waals surface area contributed by atoms with Crippen LogP contribution in [0, 0.1) is 0 Å². The number of hydrazine groups is 1. The molecule has 0 bridgehead atoms. The molecule has 0 atom stereocenters. The van der Waals surface area contributed by atoms with Crippen LogP contribution in [0.15, 0.2) is 16.9 Å². The van der Waals surface area contributed by atoms with E-state index in [-0.39, 0.29) is 0 Å². The lowest BCUT2D eigenvalue weighted by Crippen LogP contribution is -2.36. The molecule has 0 saturated carbocycles. The molecule has 0 aromatic heterocycles. The molecule has 1 N–H and O–H groups in total. The summed E-state index contributed by atoms with van der Waals surface area (Å²) in [5.74, 6) is 0. The van der Waals surface area contributed by atoms with E-state index in [1.54, 1.807) is 0 Å². The van der Waals surface area contributed by atoms with E-state index in [0.717, 1.165) is 18.8 Å². The first-order valence-electron chi connectivity index (χ1n) is 3.54. The van der Waals surface area contributed by atoms with Gasteiger partial charge in [0, 0.05) is 24.7 Å². The summed E-state index contributed by atoms with van der Waals surface area (Å²) in [4.78, 5) is 4.06. The van der Waals surface area contributed by atoms with Crippen LogP contribution in [0.25, 0.3) is 0 Å². The Labute approximate surface area is 61.4 Å². The van der Waals surface area contributed by atoms with Gasteiger partial charge in [-0.15, -0.1) is 0 Å². The van der Waals surface area contributed by atoms with Crippen molar-refractivity contribution in [3.8, 4) is 0 Å². The maximum absolute atomic E-state index is 4.06. The van der Waals surface area contributed by atoms with Crippen molar-refractivity contribution in [1.82, 2.24) is 10.4 Å². The Bertz CT molecular complexity index is 160. The quantitative estimate of drug-likeness (QED) is 0.580. The Morgan fingerprint density at radius 1 is 1.80 bits per heavy atom. The number of nitrogens with zero attached hydrogens (tertiary/aromatic N) is 2. The van der Waals surface area contributed by atoms with Crippen molar-refractivity contribution in [2.45, 2.75) is 13.8 Å². The molecule has 10 heavy (non-hydrogen) atoms. The molecular weight excluding hydrogens is 126 g/mol. The minimum Gasteiger partial charge on any atom is -0.311 e. The molecule has 3 nitrogen and oxygen atoms in total. The van der Waals surface area contributed by atoms with E-state index in [0.29, 0.717) is 0 Å². The number of rotatable bonds is 1. The fourth-order valence-corrected chi connectivity index (χ4v) is 0.920. The largest absolute Gasteiger partial charge is 0.311 e. The Morgan fingerprint density at radius 3 is 3.30 bits per heavy atom. The average Bonchev–Trinajstić information content (AvgIpc) is 2.13. The Balaban J connectivity index is 2.60. The molecule has 1 heterocycles. The molecule has 0 aromatic rings. The first-order valence-corrected chi connectivity index (χ1v) is 3.54. The fourth-order valence-electron chi connectivity index (χ4n) is 0.920. The molecule has 0 aliphatic carbocycles. The maximum atomic E-state index is 4.06. The summed E-state index contributed by atoms with van der Waals surface area (Å²) in [5.41, 5.74) is 4.36. The highest BCUT2D eigenvalue weighted by atomic mass is 15.5. The van der Waals surface area contributed by atoms with Gasteiger partial charge in [0.1, 0.15) is 0 Å². The van der Waals surface area contributed by atoms with Gasteiger partial charge in [0.05, 0.1) is 6.54 Å². The zero-order chi connectivity index (χ0) is 7.40. The predicted octanol–water partition coefficient (Wildman–Crippen LogP) is 0.759. The summed E-state index contributed by atoms with van der Waals surface area (Å²) in [6.45, 7) is 5.95. The second kappa shape index (κ2) is 3.37. The molecule has 3 heteroatoms. The standard InChI is InChI=1S/C7H13N3/c1-3-10-7(2)6-8-4-5-9-10/h4,6,9H,3,5H2,1-2H3. The van der Waals surface area contributed by atoms with Crippen molar-refractivity contribution >= 4 is 6.21 Å². The van der Waals surface area contributed by atoms with Crippen molar-refractivity contribution in [1.29, 1.82) is 0 Å². The van der Waals surface area contributed by atoms with Crippen molar-refractivity contribution in [3.63, 3.8) is 0 Å². The molecule has 0 unspecified atom stereocenters. The number of hydrogen-bond acceptors (Lipinski definition) is 3. The van der Waals surface area contributed by atoms with Crippen molar-refractivity contribution in [3.05, 3.63) is 11.9 Å². The second-order valence-corrected chi connectivity index (χ2v) is 2.21. The molecule has 56 valence electrons. The third kappa shape index (κ3) is 1.57. The van der Waals surface area contributed by atoms with Crippen LogP contribution < -0.4 is 5.43 Å². The van der Waals surface area contributed by atoms with E-state index >= 15 is 0 Å². The van der Waals surface area contributed by atoms with Gasteiger partial charge in [0.25, 0.3) is 0 Å². The lowest BCUT2D eigenvalue weighted by atomic mass is 10.5. The van der Waals surface area contributed by atoms with Crippen molar-refractivity contribution in [2.24, 2.45) is 4.99 Å². The van der Waals surface area contributed by atoms with Crippen molar-refractivity contribution in [2.75, 3.05) is 13.1 Å². The van der Waals surface area contributed by atoms with Crippen LogP contribution >= 0.6 is 0 Å². The van der Waals surface area contributed by atoms with Gasteiger partial charge in [-0.2, -0.15) is 0 Å². The van der Waals surface area contributed by atoms with E-state index < -0.39 is 0 Å². The van der Waals surface area contributed by atoms with Gasteiger partial charge in [-0.05, 0) is 13.8 Å². The number of hydrogen-bond donors (Lipinski definition) is 1. The summed E-state index contributed by atoms with van der Waals surface area (Å²) in [5, 5.41) is 2.08. The summed E-state index contributed by atoms with van der Waals surface area (Å²) >= 11 is 0. The van der Waals surface area contributed by atoms with E-state index in [4.69, 9.17) is 0 Å². The predicted molar refractivity (Wildman–Crippen MR) is 42.6 cm³/mol. The van der Waals surface area contributed by atoms with Gasteiger partial charge >= 0.3 is 0 Å². The van der Waals surface area contributed by atoms with Crippen LogP contribution in [0.5, 0.6) is 0 Å². The van der Waals surface area contributed by atoms with Gasteiger partial charge in [0.15, 0.2) is 0 Å². The number of aliphatic imine (C=N–C) groups is 1. The molecule has 0 amide bonds. The molecule has 0 spiro atoms. The zero-order valence-electron chi connectivity index (χ0n) is 6.46. The molecule has 0 fully saturated rings. The van der Waals surface area contributed by atoms with Gasteiger partial charge < -0.3 is 5.01 Å². The lowest BCUT2D eigenvalue weighted by molar-refractivity contribution is 0.278. The van der Waals surface area contributed by atoms with Crippen LogP contribution in [-0.4, -0.2) is 24.3 Å². The van der Waals surface area contributed by atoms with Crippen LogP contribution in [0.4, 0.5) is 0 Å². The van der Waals surface area contributed by atoms with E-state index in [1.165, 1.54) is 0 Å². The van der Waals surface area contributed by atoms with Gasteiger partial charge in [-0.3, -0.25) is 4.99 Å². The topological polar surface area (TPSA) is 27.6 Å². The van der Waals surface area contributed by atoms with E-state index in [1.807, 2.05) is 19.3 Å².